The van der Waals surface area contributed by atoms with Crippen LogP contribution in [-0.4, -0.2) is 12.5 Å². The van der Waals surface area contributed by atoms with Crippen LogP contribution in [0.5, 0.6) is 0 Å². The van der Waals surface area contributed by atoms with Gasteiger partial charge in [-0.25, -0.2) is 0 Å². The summed E-state index contributed by atoms with van der Waals surface area (Å²) in [6.45, 7) is 2.37. The third kappa shape index (κ3) is 2.96. The minimum Gasteiger partial charge on any atom is -0.349 e. The lowest BCUT2D eigenvalue weighted by atomic mass is 10.1. The van der Waals surface area contributed by atoms with Gasteiger partial charge < -0.3 is 5.32 Å². The van der Waals surface area contributed by atoms with Gasteiger partial charge in [0.2, 0.25) is 0 Å². The quantitative estimate of drug-likeness (QED) is 0.757. The molecule has 0 aliphatic carbocycles. The molecule has 1 rings (SSSR count). The fourth-order valence-corrected chi connectivity index (χ4v) is 1.14. The molecule has 76 valence electrons. The second-order valence-corrected chi connectivity index (χ2v) is 2.94. The molecule has 0 bridgehead atoms. The van der Waals surface area contributed by atoms with Gasteiger partial charge in [0.05, 0.1) is 17.2 Å². The molecule has 15 heavy (non-hydrogen) atoms. The first kappa shape index (κ1) is 11.0. The maximum Gasteiger partial charge on any atom is 0.252 e. The van der Waals surface area contributed by atoms with Crippen LogP contribution in [0.2, 0.25) is 0 Å². The SMILES string of the molecule is C/C=C/CNC(=O)c1ccccc1C#N. The molecule has 0 aromatic heterocycles. The van der Waals surface area contributed by atoms with Crippen LogP contribution in [0.3, 0.4) is 0 Å². The van der Waals surface area contributed by atoms with Crippen LogP contribution in [0.4, 0.5) is 0 Å². The van der Waals surface area contributed by atoms with E-state index in [9.17, 15) is 4.79 Å². The third-order valence-corrected chi connectivity index (χ3v) is 1.91. The summed E-state index contributed by atoms with van der Waals surface area (Å²) in [6.07, 6.45) is 3.70. The Morgan fingerprint density at radius 2 is 2.27 bits per heavy atom. The van der Waals surface area contributed by atoms with Crippen LogP contribution >= 0.6 is 0 Å². The fourth-order valence-electron chi connectivity index (χ4n) is 1.14. The molecule has 0 radical (unpaired) electrons. The molecule has 1 amide bonds. The zero-order valence-electron chi connectivity index (χ0n) is 8.53. The van der Waals surface area contributed by atoms with Gasteiger partial charge in [-0.05, 0) is 19.1 Å². The minimum absolute atomic E-state index is 0.217. The van der Waals surface area contributed by atoms with Crippen molar-refractivity contribution in [2.45, 2.75) is 6.92 Å². The predicted octanol–water partition coefficient (Wildman–Crippen LogP) is 1.86. The number of rotatable bonds is 3. The van der Waals surface area contributed by atoms with Crippen LogP contribution in [0.1, 0.15) is 22.8 Å². The van der Waals surface area contributed by atoms with Crippen LogP contribution in [0, 0.1) is 11.3 Å². The molecule has 0 aliphatic rings. The van der Waals surface area contributed by atoms with Gasteiger partial charge in [-0.2, -0.15) is 5.26 Å². The summed E-state index contributed by atoms with van der Waals surface area (Å²) >= 11 is 0. The average Bonchev–Trinajstić information content (AvgIpc) is 2.29. The highest BCUT2D eigenvalue weighted by atomic mass is 16.1. The lowest BCUT2D eigenvalue weighted by Crippen LogP contribution is -2.24. The Labute approximate surface area is 89.0 Å². The molecular formula is C12H12N2O. The van der Waals surface area contributed by atoms with Crippen molar-refractivity contribution in [2.75, 3.05) is 6.54 Å². The molecule has 0 atom stereocenters. The second kappa shape index (κ2) is 5.61. The van der Waals surface area contributed by atoms with Crippen LogP contribution in [0.15, 0.2) is 36.4 Å². The Balaban J connectivity index is 2.78. The molecule has 1 aromatic rings. The Morgan fingerprint density at radius 3 is 2.93 bits per heavy atom. The van der Waals surface area contributed by atoms with Gasteiger partial charge >= 0.3 is 0 Å². The first-order valence-electron chi connectivity index (χ1n) is 4.68. The summed E-state index contributed by atoms with van der Waals surface area (Å²) in [5.41, 5.74) is 0.819. The first-order chi connectivity index (χ1) is 7.29. The van der Waals surface area contributed by atoms with E-state index in [-0.39, 0.29) is 5.91 Å². The second-order valence-electron chi connectivity index (χ2n) is 2.94. The normalized spacial score (nSPS) is 9.87. The van der Waals surface area contributed by atoms with Crippen molar-refractivity contribution in [1.82, 2.24) is 5.32 Å². The summed E-state index contributed by atoms with van der Waals surface area (Å²) in [7, 11) is 0. The van der Waals surface area contributed by atoms with Crippen molar-refractivity contribution in [3.63, 3.8) is 0 Å². The molecular weight excluding hydrogens is 188 g/mol. The number of nitrogens with zero attached hydrogens (tertiary/aromatic N) is 1. The Hall–Kier alpha value is -2.08. The van der Waals surface area contributed by atoms with Crippen LogP contribution in [-0.2, 0) is 0 Å². The van der Waals surface area contributed by atoms with Gasteiger partial charge in [0.25, 0.3) is 5.91 Å². The lowest BCUT2D eigenvalue weighted by molar-refractivity contribution is 0.0957. The van der Waals surface area contributed by atoms with E-state index in [1.54, 1.807) is 24.3 Å². The number of amides is 1. The third-order valence-electron chi connectivity index (χ3n) is 1.91. The maximum absolute atomic E-state index is 11.6. The van der Waals surface area contributed by atoms with E-state index in [4.69, 9.17) is 5.26 Å². The number of hydrogen-bond donors (Lipinski definition) is 1. The zero-order chi connectivity index (χ0) is 11.1. The lowest BCUT2D eigenvalue weighted by Gasteiger charge is -2.03. The minimum atomic E-state index is -0.217. The van der Waals surface area contributed by atoms with Gasteiger partial charge in [-0.3, -0.25) is 4.79 Å². The Bertz CT molecular complexity index is 416. The van der Waals surface area contributed by atoms with Crippen molar-refractivity contribution in [2.24, 2.45) is 0 Å². The van der Waals surface area contributed by atoms with Crippen molar-refractivity contribution in [3.8, 4) is 6.07 Å². The standard InChI is InChI=1S/C12H12N2O/c1-2-3-8-14-12(15)11-7-5-4-6-10(11)9-13/h2-7H,8H2,1H3,(H,14,15)/b3-2+. The molecule has 1 aromatic carbocycles. The Kier molecular flexibility index (Phi) is 4.11. The molecule has 0 heterocycles. The number of allylic oxidation sites excluding steroid dienone is 1. The molecule has 0 spiro atoms. The van der Waals surface area contributed by atoms with E-state index in [0.29, 0.717) is 17.7 Å². The van der Waals surface area contributed by atoms with Gasteiger partial charge in [-0.1, -0.05) is 24.3 Å². The van der Waals surface area contributed by atoms with Crippen molar-refractivity contribution < 1.29 is 4.79 Å². The molecule has 3 nitrogen and oxygen atoms in total. The number of nitriles is 1. The monoisotopic (exact) mass is 200 g/mol. The Morgan fingerprint density at radius 1 is 1.53 bits per heavy atom. The zero-order valence-corrected chi connectivity index (χ0v) is 8.53. The fraction of sp³-hybridized carbons (Fsp3) is 0.167. The highest BCUT2D eigenvalue weighted by Gasteiger charge is 2.08. The number of carbonyl (C=O) groups excluding carboxylic acids is 1. The molecule has 0 aliphatic heterocycles. The van der Waals surface area contributed by atoms with E-state index in [0.717, 1.165) is 0 Å². The van der Waals surface area contributed by atoms with E-state index in [2.05, 4.69) is 5.32 Å². The van der Waals surface area contributed by atoms with Gasteiger partial charge in [0.1, 0.15) is 0 Å². The van der Waals surface area contributed by atoms with Crippen LogP contribution in [0.25, 0.3) is 0 Å². The topological polar surface area (TPSA) is 52.9 Å². The van der Waals surface area contributed by atoms with E-state index in [1.807, 2.05) is 25.1 Å². The number of benzene rings is 1. The smallest absolute Gasteiger partial charge is 0.252 e. The molecule has 0 saturated carbocycles. The van der Waals surface area contributed by atoms with Gasteiger partial charge in [0, 0.05) is 6.54 Å². The first-order valence-corrected chi connectivity index (χ1v) is 4.68. The molecule has 0 fully saturated rings. The van der Waals surface area contributed by atoms with E-state index >= 15 is 0 Å². The summed E-state index contributed by atoms with van der Waals surface area (Å²) in [5.74, 6) is -0.217. The maximum atomic E-state index is 11.6. The van der Waals surface area contributed by atoms with E-state index in [1.165, 1.54) is 0 Å². The highest BCUT2D eigenvalue weighted by Crippen LogP contribution is 2.06. The van der Waals surface area contributed by atoms with Crippen molar-refractivity contribution >= 4 is 5.91 Å². The number of nitrogens with one attached hydrogen (secondary N) is 1. The summed E-state index contributed by atoms with van der Waals surface area (Å²) in [6, 6.07) is 8.74. The van der Waals surface area contributed by atoms with Gasteiger partial charge in [0.15, 0.2) is 0 Å². The van der Waals surface area contributed by atoms with Crippen molar-refractivity contribution in [3.05, 3.63) is 47.5 Å². The summed E-state index contributed by atoms with van der Waals surface area (Å²) in [4.78, 5) is 11.6. The molecule has 3 heteroatoms. The predicted molar refractivity (Wildman–Crippen MR) is 58.3 cm³/mol. The van der Waals surface area contributed by atoms with Crippen molar-refractivity contribution in [1.29, 1.82) is 5.26 Å². The highest BCUT2D eigenvalue weighted by molar-refractivity contribution is 5.96. The average molecular weight is 200 g/mol. The van der Waals surface area contributed by atoms with Crippen LogP contribution < -0.4 is 5.32 Å². The molecule has 0 saturated heterocycles. The molecule has 0 unspecified atom stereocenters. The van der Waals surface area contributed by atoms with Gasteiger partial charge in [-0.15, -0.1) is 0 Å². The number of carbonyl (C=O) groups is 1. The molecule has 1 N–H and O–H groups in total. The summed E-state index contributed by atoms with van der Waals surface area (Å²) < 4.78 is 0. The summed E-state index contributed by atoms with van der Waals surface area (Å²) in [5, 5.41) is 11.5. The largest absolute Gasteiger partial charge is 0.349 e. The number of hydrogen-bond acceptors (Lipinski definition) is 2. The van der Waals surface area contributed by atoms with E-state index < -0.39 is 0 Å².